The summed E-state index contributed by atoms with van der Waals surface area (Å²) < 4.78 is 0. The Morgan fingerprint density at radius 3 is 2.00 bits per heavy atom. The quantitative estimate of drug-likeness (QED) is 0.0996. The zero-order valence-electron chi connectivity index (χ0n) is 21.3. The van der Waals surface area contributed by atoms with Crippen LogP contribution in [0.5, 0.6) is 5.75 Å². The lowest BCUT2D eigenvalue weighted by atomic mass is 10.0. The van der Waals surface area contributed by atoms with Gasteiger partial charge in [-0.05, 0) is 24.1 Å². The van der Waals surface area contributed by atoms with Gasteiger partial charge in [0.1, 0.15) is 23.9 Å². The van der Waals surface area contributed by atoms with E-state index in [2.05, 4.69) is 25.9 Å². The molecule has 0 spiro atoms. The summed E-state index contributed by atoms with van der Waals surface area (Å²) in [4.78, 5) is 79.8. The fourth-order valence-electron chi connectivity index (χ4n) is 3.56. The fraction of sp³-hybridized carbons (Fsp3) is 0.375. The predicted molar refractivity (Wildman–Crippen MR) is 138 cm³/mol. The number of aromatic amines is 1. The Bertz CT molecular complexity index is 1200. The molecule has 0 aliphatic rings. The third kappa shape index (κ3) is 10.4. The first-order chi connectivity index (χ1) is 18.8. The smallest absolute Gasteiger partial charge is 0.326 e. The van der Waals surface area contributed by atoms with E-state index in [1.807, 2.05) is 0 Å². The van der Waals surface area contributed by atoms with Crippen molar-refractivity contribution in [3.05, 3.63) is 48.0 Å². The highest BCUT2D eigenvalue weighted by Gasteiger charge is 2.31. The highest BCUT2D eigenvalue weighted by Crippen LogP contribution is 2.12. The van der Waals surface area contributed by atoms with Crippen molar-refractivity contribution in [2.75, 3.05) is 0 Å². The molecule has 0 bridgehead atoms. The van der Waals surface area contributed by atoms with E-state index >= 15 is 0 Å². The lowest BCUT2D eigenvalue weighted by Gasteiger charge is -2.25. The van der Waals surface area contributed by atoms with Crippen molar-refractivity contribution >= 4 is 35.5 Å². The van der Waals surface area contributed by atoms with Crippen molar-refractivity contribution in [2.24, 2.45) is 17.2 Å². The van der Waals surface area contributed by atoms with Crippen LogP contribution in [0.4, 0.5) is 0 Å². The molecule has 0 aliphatic carbocycles. The van der Waals surface area contributed by atoms with Gasteiger partial charge in [0.15, 0.2) is 0 Å². The van der Waals surface area contributed by atoms with Crippen LogP contribution in [0.2, 0.25) is 0 Å². The maximum Gasteiger partial charge on any atom is 0.326 e. The number of benzene rings is 1. The van der Waals surface area contributed by atoms with Gasteiger partial charge in [0, 0.05) is 31.2 Å². The first-order valence-electron chi connectivity index (χ1n) is 12.1. The molecule has 0 radical (unpaired) electrons. The molecular formula is C24H32N8O8. The van der Waals surface area contributed by atoms with Gasteiger partial charge in [-0.25, -0.2) is 9.78 Å². The van der Waals surface area contributed by atoms with E-state index in [0.717, 1.165) is 0 Å². The third-order valence-corrected chi connectivity index (χ3v) is 5.68. The Morgan fingerprint density at radius 2 is 1.45 bits per heavy atom. The summed E-state index contributed by atoms with van der Waals surface area (Å²) in [7, 11) is 0. The number of imidazole rings is 1. The molecule has 2 rings (SSSR count). The number of H-pyrrole nitrogens is 1. The van der Waals surface area contributed by atoms with Gasteiger partial charge in [-0.2, -0.15) is 0 Å². The minimum atomic E-state index is -1.59. The largest absolute Gasteiger partial charge is 0.508 e. The molecule has 12 N–H and O–H groups in total. The van der Waals surface area contributed by atoms with Gasteiger partial charge < -0.3 is 48.3 Å². The molecule has 0 saturated carbocycles. The van der Waals surface area contributed by atoms with Crippen molar-refractivity contribution in [3.63, 3.8) is 0 Å². The molecule has 4 unspecified atom stereocenters. The number of aromatic hydroxyl groups is 1. The Kier molecular flexibility index (Phi) is 11.6. The molecule has 16 heteroatoms. The number of aliphatic carboxylic acids is 1. The average molecular weight is 561 g/mol. The maximum absolute atomic E-state index is 13.3. The van der Waals surface area contributed by atoms with E-state index in [-0.39, 0.29) is 31.4 Å². The molecule has 4 atom stereocenters. The summed E-state index contributed by atoms with van der Waals surface area (Å²) in [6.07, 6.45) is 1.47. The molecule has 0 saturated heterocycles. The van der Waals surface area contributed by atoms with Crippen LogP contribution in [0.25, 0.3) is 0 Å². The van der Waals surface area contributed by atoms with Crippen LogP contribution in [0.3, 0.4) is 0 Å². The number of aromatic nitrogens is 2. The summed E-state index contributed by atoms with van der Waals surface area (Å²) in [5, 5.41) is 26.1. The van der Waals surface area contributed by atoms with Crippen molar-refractivity contribution in [1.82, 2.24) is 25.9 Å². The lowest BCUT2D eigenvalue weighted by molar-refractivity contribution is -0.142. The summed E-state index contributed by atoms with van der Waals surface area (Å²) in [5.74, 6) is -5.76. The first-order valence-corrected chi connectivity index (χ1v) is 12.1. The second-order valence-electron chi connectivity index (χ2n) is 8.96. The first kappa shape index (κ1) is 31.2. The lowest BCUT2D eigenvalue weighted by Crippen LogP contribution is -2.58. The highest BCUT2D eigenvalue weighted by atomic mass is 16.4. The molecule has 2 aromatic rings. The monoisotopic (exact) mass is 560 g/mol. The van der Waals surface area contributed by atoms with Crippen molar-refractivity contribution in [2.45, 2.75) is 56.3 Å². The minimum absolute atomic E-state index is 0.0384. The van der Waals surface area contributed by atoms with E-state index in [1.165, 1.54) is 36.8 Å². The number of amides is 5. The average Bonchev–Trinajstić information content (AvgIpc) is 3.40. The highest BCUT2D eigenvalue weighted by molar-refractivity contribution is 5.96. The van der Waals surface area contributed by atoms with Crippen LogP contribution >= 0.6 is 0 Å². The molecule has 1 heterocycles. The number of phenolic OH excluding ortho intramolecular Hbond substituents is 1. The van der Waals surface area contributed by atoms with Gasteiger partial charge in [-0.1, -0.05) is 12.1 Å². The summed E-state index contributed by atoms with van der Waals surface area (Å²) in [6.45, 7) is 0. The Labute approximate surface area is 228 Å². The molecule has 1 aromatic heterocycles. The third-order valence-electron chi connectivity index (χ3n) is 5.68. The number of carboxylic acid groups (broad SMARTS) is 1. The molecule has 5 amide bonds. The number of carboxylic acids is 1. The van der Waals surface area contributed by atoms with Crippen LogP contribution in [-0.4, -0.2) is 79.9 Å². The molecule has 1 aromatic carbocycles. The van der Waals surface area contributed by atoms with E-state index < -0.39 is 66.1 Å². The molecule has 0 fully saturated rings. The van der Waals surface area contributed by atoms with Gasteiger partial charge in [0.05, 0.1) is 18.8 Å². The Morgan fingerprint density at radius 1 is 0.850 bits per heavy atom. The number of hydrogen-bond donors (Lipinski definition) is 9. The topological polar surface area (TPSA) is 286 Å². The molecule has 40 heavy (non-hydrogen) atoms. The van der Waals surface area contributed by atoms with Gasteiger partial charge in [0.25, 0.3) is 0 Å². The van der Waals surface area contributed by atoms with E-state index in [1.54, 1.807) is 0 Å². The number of nitrogens with one attached hydrogen (secondary N) is 4. The SMILES string of the molecule is NC(=O)CCC(N)C(=O)NC(Cc1ccc(O)cc1)C(=O)NC(CC(N)=O)C(=O)NC(Cc1cnc[nH]1)C(=O)O. The van der Waals surface area contributed by atoms with Crippen LogP contribution in [0, 0.1) is 0 Å². The number of hydrogen-bond acceptors (Lipinski definition) is 9. The second-order valence-corrected chi connectivity index (χ2v) is 8.96. The van der Waals surface area contributed by atoms with Gasteiger partial charge in [-0.3, -0.25) is 24.0 Å². The number of nitrogens with two attached hydrogens (primary N) is 3. The normalized spacial score (nSPS) is 13.7. The van der Waals surface area contributed by atoms with Crippen LogP contribution in [0.1, 0.15) is 30.5 Å². The Balaban J connectivity index is 2.22. The minimum Gasteiger partial charge on any atom is -0.508 e. The standard InChI is InChI=1S/C24H32N8O8/c25-15(5-6-19(26)34)21(36)30-16(7-12-1-3-14(33)4-2-12)22(37)31-17(9-20(27)35)23(38)32-18(24(39)40)8-13-10-28-11-29-13/h1-4,10-11,15-18,33H,5-9,25H2,(H2,26,34)(H2,27,35)(H,28,29)(H,30,36)(H,31,37)(H,32,38)(H,39,40). The number of primary amides is 2. The molecule has 0 aliphatic heterocycles. The van der Waals surface area contributed by atoms with Crippen molar-refractivity contribution < 1.29 is 39.0 Å². The van der Waals surface area contributed by atoms with Gasteiger partial charge in [0.2, 0.25) is 29.5 Å². The van der Waals surface area contributed by atoms with Crippen molar-refractivity contribution in [3.8, 4) is 5.75 Å². The summed E-state index contributed by atoms with van der Waals surface area (Å²) >= 11 is 0. The van der Waals surface area contributed by atoms with Crippen LogP contribution < -0.4 is 33.2 Å². The zero-order valence-corrected chi connectivity index (χ0v) is 21.3. The van der Waals surface area contributed by atoms with Crippen LogP contribution in [0.15, 0.2) is 36.8 Å². The number of phenols is 1. The molecule has 216 valence electrons. The molecule has 16 nitrogen and oxygen atoms in total. The van der Waals surface area contributed by atoms with E-state index in [0.29, 0.717) is 11.3 Å². The summed E-state index contributed by atoms with van der Waals surface area (Å²) in [5.41, 5.74) is 17.1. The zero-order chi connectivity index (χ0) is 29.8. The van der Waals surface area contributed by atoms with E-state index in [4.69, 9.17) is 17.2 Å². The van der Waals surface area contributed by atoms with E-state index in [9.17, 15) is 39.0 Å². The Hall–Kier alpha value is -4.99. The van der Waals surface area contributed by atoms with Crippen molar-refractivity contribution in [1.29, 1.82) is 0 Å². The van der Waals surface area contributed by atoms with Crippen LogP contribution in [-0.2, 0) is 41.6 Å². The number of nitrogens with zero attached hydrogens (tertiary/aromatic N) is 1. The molecular weight excluding hydrogens is 528 g/mol. The number of carbonyl (C=O) groups excluding carboxylic acids is 5. The summed E-state index contributed by atoms with van der Waals surface area (Å²) in [6, 6.07) is 0.170. The second kappa shape index (κ2) is 14.8. The number of carbonyl (C=O) groups is 6. The maximum atomic E-state index is 13.3. The number of rotatable bonds is 16. The van der Waals surface area contributed by atoms with Gasteiger partial charge in [-0.15, -0.1) is 0 Å². The fourth-order valence-corrected chi connectivity index (χ4v) is 3.56. The predicted octanol–water partition coefficient (Wildman–Crippen LogP) is -3.09. The van der Waals surface area contributed by atoms with Gasteiger partial charge >= 0.3 is 5.97 Å².